The second-order valence-electron chi connectivity index (χ2n) is 6.79. The number of rotatable bonds is 3. The van der Waals surface area contributed by atoms with Gasteiger partial charge < -0.3 is 4.74 Å². The van der Waals surface area contributed by atoms with E-state index in [9.17, 15) is 14.4 Å². The minimum absolute atomic E-state index is 0.151. The molecule has 1 N–H and O–H groups in total. The summed E-state index contributed by atoms with van der Waals surface area (Å²) < 4.78 is 5.39. The molecule has 7 heteroatoms. The summed E-state index contributed by atoms with van der Waals surface area (Å²) in [6, 6.07) is 15.0. The van der Waals surface area contributed by atoms with E-state index in [1.807, 2.05) is 31.2 Å². The molecule has 3 aromatic carbocycles. The topological polar surface area (TPSA) is 75.7 Å². The Kier molecular flexibility index (Phi) is 5.01. The number of barbiturate groups is 1. The Morgan fingerprint density at radius 3 is 2.43 bits per heavy atom. The normalized spacial score (nSPS) is 15.6. The molecule has 150 valence electrons. The molecular formula is C23H17ClN2O4. The van der Waals surface area contributed by atoms with Crippen LogP contribution in [0, 0.1) is 6.92 Å². The van der Waals surface area contributed by atoms with Gasteiger partial charge in [-0.1, -0.05) is 48.0 Å². The number of nitrogens with zero attached hydrogens (tertiary/aromatic N) is 1. The Balaban J connectivity index is 1.82. The van der Waals surface area contributed by atoms with E-state index in [2.05, 4.69) is 5.32 Å². The zero-order valence-electron chi connectivity index (χ0n) is 16.2. The molecular weight excluding hydrogens is 404 g/mol. The Hall–Kier alpha value is -3.64. The van der Waals surface area contributed by atoms with Crippen LogP contribution in [0.1, 0.15) is 11.1 Å². The van der Waals surface area contributed by atoms with E-state index >= 15 is 0 Å². The van der Waals surface area contributed by atoms with Crippen molar-refractivity contribution in [2.45, 2.75) is 6.92 Å². The molecule has 30 heavy (non-hydrogen) atoms. The summed E-state index contributed by atoms with van der Waals surface area (Å²) in [6.07, 6.45) is 1.48. The molecule has 0 atom stereocenters. The van der Waals surface area contributed by atoms with Crippen LogP contribution in [0.5, 0.6) is 5.75 Å². The second kappa shape index (κ2) is 7.65. The van der Waals surface area contributed by atoms with E-state index in [0.29, 0.717) is 16.3 Å². The molecule has 6 nitrogen and oxygen atoms in total. The first-order valence-corrected chi connectivity index (χ1v) is 9.52. The Morgan fingerprint density at radius 2 is 1.73 bits per heavy atom. The van der Waals surface area contributed by atoms with E-state index in [1.165, 1.54) is 12.1 Å². The van der Waals surface area contributed by atoms with Gasteiger partial charge in [-0.15, -0.1) is 0 Å². The molecule has 1 fully saturated rings. The number of imide groups is 2. The Morgan fingerprint density at radius 1 is 1.00 bits per heavy atom. The van der Waals surface area contributed by atoms with Gasteiger partial charge in [-0.3, -0.25) is 14.9 Å². The molecule has 0 saturated carbocycles. The van der Waals surface area contributed by atoms with Gasteiger partial charge >= 0.3 is 6.03 Å². The number of hydrogen-bond donors (Lipinski definition) is 1. The van der Waals surface area contributed by atoms with Crippen molar-refractivity contribution in [1.82, 2.24) is 5.32 Å². The van der Waals surface area contributed by atoms with Crippen LogP contribution < -0.4 is 15.0 Å². The highest BCUT2D eigenvalue weighted by Gasteiger charge is 2.37. The summed E-state index contributed by atoms with van der Waals surface area (Å²) in [5, 5.41) is 4.29. The Bertz CT molecular complexity index is 1250. The van der Waals surface area contributed by atoms with E-state index in [1.54, 1.807) is 31.4 Å². The van der Waals surface area contributed by atoms with Crippen LogP contribution in [0.2, 0.25) is 5.02 Å². The molecule has 0 aliphatic carbocycles. The number of nitrogens with one attached hydrogen (secondary N) is 1. The van der Waals surface area contributed by atoms with Crippen molar-refractivity contribution in [3.8, 4) is 5.75 Å². The van der Waals surface area contributed by atoms with Crippen LogP contribution in [-0.4, -0.2) is 25.0 Å². The van der Waals surface area contributed by atoms with Gasteiger partial charge in [-0.2, -0.15) is 0 Å². The zero-order chi connectivity index (χ0) is 21.4. The maximum absolute atomic E-state index is 13.1. The van der Waals surface area contributed by atoms with Crippen molar-refractivity contribution in [2.24, 2.45) is 0 Å². The fourth-order valence-electron chi connectivity index (χ4n) is 3.37. The lowest BCUT2D eigenvalue weighted by Crippen LogP contribution is -2.54. The molecule has 0 bridgehead atoms. The number of amides is 4. The molecule has 0 unspecified atom stereocenters. The van der Waals surface area contributed by atoms with E-state index in [-0.39, 0.29) is 11.3 Å². The average Bonchev–Trinajstić information content (AvgIpc) is 2.73. The van der Waals surface area contributed by atoms with Gasteiger partial charge in [0.05, 0.1) is 12.8 Å². The molecule has 1 aliphatic heterocycles. The number of benzene rings is 3. The molecule has 3 aromatic rings. The first-order valence-electron chi connectivity index (χ1n) is 9.14. The lowest BCUT2D eigenvalue weighted by atomic mass is 10.00. The number of fused-ring (bicyclic) bond motifs is 1. The van der Waals surface area contributed by atoms with E-state index in [4.69, 9.17) is 16.3 Å². The molecule has 0 spiro atoms. The van der Waals surface area contributed by atoms with Crippen molar-refractivity contribution >= 4 is 52.0 Å². The van der Waals surface area contributed by atoms with Crippen LogP contribution >= 0.6 is 11.6 Å². The molecule has 4 amide bonds. The summed E-state index contributed by atoms with van der Waals surface area (Å²) in [4.78, 5) is 38.9. The number of aryl methyl sites for hydroxylation is 1. The first-order chi connectivity index (χ1) is 14.4. The quantitative estimate of drug-likeness (QED) is 0.500. The van der Waals surface area contributed by atoms with Crippen molar-refractivity contribution in [1.29, 1.82) is 0 Å². The highest BCUT2D eigenvalue weighted by Crippen LogP contribution is 2.31. The highest BCUT2D eigenvalue weighted by molar-refractivity contribution is 6.39. The Labute approximate surface area is 177 Å². The molecule has 1 aliphatic rings. The number of carbonyl (C=O) groups is 3. The lowest BCUT2D eigenvalue weighted by molar-refractivity contribution is -0.122. The van der Waals surface area contributed by atoms with Crippen LogP contribution in [0.15, 0.2) is 60.2 Å². The molecule has 0 radical (unpaired) electrons. The molecule has 0 aromatic heterocycles. The van der Waals surface area contributed by atoms with Gasteiger partial charge in [0.1, 0.15) is 11.3 Å². The van der Waals surface area contributed by atoms with Gasteiger partial charge in [-0.05, 0) is 47.7 Å². The minimum atomic E-state index is -0.818. The van der Waals surface area contributed by atoms with Crippen LogP contribution in [-0.2, 0) is 9.59 Å². The summed E-state index contributed by atoms with van der Waals surface area (Å²) in [6.45, 7) is 1.81. The fourth-order valence-corrected chi connectivity index (χ4v) is 3.54. The third-order valence-corrected chi connectivity index (χ3v) is 5.36. The number of hydrogen-bond acceptors (Lipinski definition) is 4. The fraction of sp³-hybridized carbons (Fsp3) is 0.0870. The molecule has 4 rings (SSSR count). The number of anilines is 1. The van der Waals surface area contributed by atoms with Crippen molar-refractivity contribution in [3.05, 3.63) is 76.3 Å². The van der Waals surface area contributed by atoms with Crippen LogP contribution in [0.25, 0.3) is 16.8 Å². The summed E-state index contributed by atoms with van der Waals surface area (Å²) in [5.41, 5.74) is 1.59. The second-order valence-corrected chi connectivity index (χ2v) is 7.20. The zero-order valence-corrected chi connectivity index (χ0v) is 17.0. The van der Waals surface area contributed by atoms with Crippen LogP contribution in [0.4, 0.5) is 10.5 Å². The van der Waals surface area contributed by atoms with Gasteiger partial charge in [0.15, 0.2) is 0 Å². The minimum Gasteiger partial charge on any atom is -0.496 e. The predicted octanol–water partition coefficient (Wildman–Crippen LogP) is 4.48. The van der Waals surface area contributed by atoms with E-state index in [0.717, 1.165) is 21.2 Å². The predicted molar refractivity (Wildman–Crippen MR) is 116 cm³/mol. The van der Waals surface area contributed by atoms with Crippen molar-refractivity contribution in [2.75, 3.05) is 12.0 Å². The summed E-state index contributed by atoms with van der Waals surface area (Å²) in [5.74, 6) is -0.791. The maximum Gasteiger partial charge on any atom is 0.335 e. The van der Waals surface area contributed by atoms with Gasteiger partial charge in [-0.25, -0.2) is 9.69 Å². The molecule has 1 saturated heterocycles. The number of methoxy groups -OCH3 is 1. The number of ether oxygens (including phenoxy) is 1. The monoisotopic (exact) mass is 420 g/mol. The largest absolute Gasteiger partial charge is 0.496 e. The summed E-state index contributed by atoms with van der Waals surface area (Å²) in [7, 11) is 1.58. The third kappa shape index (κ3) is 3.31. The lowest BCUT2D eigenvalue weighted by Gasteiger charge is -2.26. The molecule has 1 heterocycles. The standard InChI is InChI=1S/C23H17ClN2O4/c1-13-7-9-15(12-19(13)24)26-22(28)18(21(27)25-23(26)29)11-14-8-10-20(30-2)17-6-4-3-5-16(14)17/h3-12H,1-2H3,(H,25,27,29)/b18-11-. The van der Waals surface area contributed by atoms with Gasteiger partial charge in [0, 0.05) is 10.4 Å². The smallest absolute Gasteiger partial charge is 0.335 e. The number of halogens is 1. The third-order valence-electron chi connectivity index (χ3n) is 4.95. The van der Waals surface area contributed by atoms with Gasteiger partial charge in [0.25, 0.3) is 11.8 Å². The summed E-state index contributed by atoms with van der Waals surface area (Å²) >= 11 is 6.15. The first kappa shape index (κ1) is 19.7. The number of urea groups is 1. The van der Waals surface area contributed by atoms with Gasteiger partial charge in [0.2, 0.25) is 0 Å². The number of carbonyl (C=O) groups excluding carboxylic acids is 3. The SMILES string of the molecule is COc1ccc(/C=C2/C(=O)NC(=O)N(c3ccc(C)c(Cl)c3)C2=O)c2ccccc12. The van der Waals surface area contributed by atoms with Crippen molar-refractivity contribution in [3.63, 3.8) is 0 Å². The van der Waals surface area contributed by atoms with Crippen molar-refractivity contribution < 1.29 is 19.1 Å². The van der Waals surface area contributed by atoms with Crippen LogP contribution in [0.3, 0.4) is 0 Å². The average molecular weight is 421 g/mol. The highest BCUT2D eigenvalue weighted by atomic mass is 35.5. The van der Waals surface area contributed by atoms with E-state index < -0.39 is 17.8 Å². The maximum atomic E-state index is 13.1.